The van der Waals surface area contributed by atoms with Crippen LogP contribution in [0.15, 0.2) is 59.5 Å². The first-order chi connectivity index (χ1) is 14.0. The lowest BCUT2D eigenvalue weighted by Gasteiger charge is -2.38. The van der Waals surface area contributed by atoms with Gasteiger partial charge in [0.2, 0.25) is 0 Å². The highest BCUT2D eigenvalue weighted by atomic mass is 32.2. The van der Waals surface area contributed by atoms with E-state index in [1.54, 1.807) is 24.3 Å². The van der Waals surface area contributed by atoms with Gasteiger partial charge in [0.25, 0.3) is 0 Å². The summed E-state index contributed by atoms with van der Waals surface area (Å²) in [5, 5.41) is 2.52. The van der Waals surface area contributed by atoms with Crippen molar-refractivity contribution < 1.29 is 17.9 Å². The lowest BCUT2D eigenvalue weighted by atomic mass is 10.0. The number of nitrogens with one attached hydrogen (secondary N) is 1. The first-order valence-corrected chi connectivity index (χ1v) is 11.7. The maximum atomic E-state index is 13.1. The molecule has 2 amide bonds. The molecule has 2 saturated heterocycles. The van der Waals surface area contributed by atoms with E-state index in [-0.39, 0.29) is 18.1 Å². The minimum absolute atomic E-state index is 0.0588. The Kier molecular flexibility index (Phi) is 5.50. The minimum Gasteiger partial charge on any atom is -0.492 e. The summed E-state index contributed by atoms with van der Waals surface area (Å²) in [5.74, 6) is 0.636. The van der Waals surface area contributed by atoms with E-state index in [9.17, 15) is 13.2 Å². The number of para-hydroxylation sites is 2. The van der Waals surface area contributed by atoms with Crippen LogP contribution in [0.1, 0.15) is 32.6 Å². The average Bonchev–Trinajstić information content (AvgIpc) is 2.99. The highest BCUT2D eigenvalue weighted by Gasteiger charge is 2.47. The van der Waals surface area contributed by atoms with Crippen LogP contribution in [0.25, 0.3) is 0 Å². The largest absolute Gasteiger partial charge is 0.492 e. The molecule has 0 aromatic heterocycles. The number of piperidine rings is 1. The zero-order valence-electron chi connectivity index (χ0n) is 16.5. The molecule has 2 aliphatic rings. The van der Waals surface area contributed by atoms with Crippen molar-refractivity contribution in [2.24, 2.45) is 0 Å². The fourth-order valence-electron chi connectivity index (χ4n) is 4.55. The number of amides is 2. The van der Waals surface area contributed by atoms with Gasteiger partial charge in [-0.15, -0.1) is 0 Å². The smallest absolute Gasteiger partial charge is 0.322 e. The summed E-state index contributed by atoms with van der Waals surface area (Å²) in [6.07, 6.45) is 2.64. The van der Waals surface area contributed by atoms with Crippen LogP contribution in [-0.4, -0.2) is 43.3 Å². The van der Waals surface area contributed by atoms with E-state index in [0.29, 0.717) is 35.8 Å². The number of carbonyl (C=O) groups is 1. The molecule has 4 rings (SSSR count). The van der Waals surface area contributed by atoms with Gasteiger partial charge in [-0.1, -0.05) is 30.3 Å². The molecule has 2 aromatic rings. The molecular formula is C22H26N2O4S. The average molecular weight is 415 g/mol. The van der Waals surface area contributed by atoms with Gasteiger partial charge in [-0.05, 0) is 56.9 Å². The van der Waals surface area contributed by atoms with E-state index >= 15 is 0 Å². The maximum absolute atomic E-state index is 13.1. The molecule has 2 unspecified atom stereocenters. The van der Waals surface area contributed by atoms with Gasteiger partial charge >= 0.3 is 6.03 Å². The van der Waals surface area contributed by atoms with Crippen molar-refractivity contribution in [1.82, 2.24) is 4.90 Å². The molecule has 0 aliphatic carbocycles. The first-order valence-electron chi connectivity index (χ1n) is 10.1. The summed E-state index contributed by atoms with van der Waals surface area (Å²) in [7, 11) is -3.39. The molecule has 7 heteroatoms. The number of hydrogen-bond donors (Lipinski definition) is 1. The summed E-state index contributed by atoms with van der Waals surface area (Å²) in [5.41, 5.74) is 0.637. The monoisotopic (exact) mass is 414 g/mol. The summed E-state index contributed by atoms with van der Waals surface area (Å²) >= 11 is 0. The van der Waals surface area contributed by atoms with Gasteiger partial charge < -0.3 is 15.0 Å². The number of rotatable bonds is 5. The Hall–Kier alpha value is -2.54. The van der Waals surface area contributed by atoms with E-state index in [0.717, 1.165) is 12.8 Å². The molecule has 0 radical (unpaired) electrons. The molecule has 2 heterocycles. The molecule has 0 spiro atoms. The topological polar surface area (TPSA) is 75.7 Å². The van der Waals surface area contributed by atoms with Crippen LogP contribution in [-0.2, 0) is 9.84 Å². The van der Waals surface area contributed by atoms with Gasteiger partial charge in [0.15, 0.2) is 9.84 Å². The van der Waals surface area contributed by atoms with Crippen molar-refractivity contribution in [3.05, 3.63) is 54.6 Å². The Morgan fingerprint density at radius 2 is 1.66 bits per heavy atom. The SMILES string of the molecule is CCOc1ccccc1NC(=O)N1C2CCC1CC(S(=O)(=O)c1ccccc1)C2. The van der Waals surface area contributed by atoms with Gasteiger partial charge in [-0.2, -0.15) is 0 Å². The highest BCUT2D eigenvalue weighted by molar-refractivity contribution is 7.92. The molecule has 2 bridgehead atoms. The van der Waals surface area contributed by atoms with Gasteiger partial charge in [0.05, 0.1) is 22.4 Å². The van der Waals surface area contributed by atoms with Crippen LogP contribution in [0.3, 0.4) is 0 Å². The Balaban J connectivity index is 1.49. The van der Waals surface area contributed by atoms with E-state index in [1.807, 2.05) is 42.2 Å². The van der Waals surface area contributed by atoms with Gasteiger partial charge in [0, 0.05) is 12.1 Å². The lowest BCUT2D eigenvalue weighted by molar-refractivity contribution is 0.159. The number of sulfone groups is 1. The van der Waals surface area contributed by atoms with Crippen molar-refractivity contribution in [2.75, 3.05) is 11.9 Å². The summed E-state index contributed by atoms with van der Waals surface area (Å²) in [6, 6.07) is 15.7. The fraction of sp³-hybridized carbons (Fsp3) is 0.409. The van der Waals surface area contributed by atoms with Crippen LogP contribution in [0.2, 0.25) is 0 Å². The number of hydrogen-bond acceptors (Lipinski definition) is 4. The van der Waals surface area contributed by atoms with Crippen LogP contribution >= 0.6 is 0 Å². The van der Waals surface area contributed by atoms with Gasteiger partial charge in [-0.3, -0.25) is 0 Å². The number of nitrogens with zero attached hydrogens (tertiary/aromatic N) is 1. The molecule has 0 saturated carbocycles. The summed E-state index contributed by atoms with van der Waals surface area (Å²) < 4.78 is 31.7. The van der Waals surface area contributed by atoms with Crippen molar-refractivity contribution in [3.8, 4) is 5.75 Å². The Bertz CT molecular complexity index is 963. The van der Waals surface area contributed by atoms with Crippen molar-refractivity contribution in [2.45, 2.75) is 54.8 Å². The van der Waals surface area contributed by atoms with E-state index < -0.39 is 15.1 Å². The fourth-order valence-corrected chi connectivity index (χ4v) is 6.42. The van der Waals surface area contributed by atoms with Crippen molar-refractivity contribution in [3.63, 3.8) is 0 Å². The number of fused-ring (bicyclic) bond motifs is 2. The van der Waals surface area contributed by atoms with Gasteiger partial charge in [0.1, 0.15) is 5.75 Å². The zero-order chi connectivity index (χ0) is 20.4. The summed E-state index contributed by atoms with van der Waals surface area (Å²) in [6.45, 7) is 2.41. The van der Waals surface area contributed by atoms with Crippen LogP contribution in [0.4, 0.5) is 10.5 Å². The second kappa shape index (κ2) is 8.06. The van der Waals surface area contributed by atoms with Crippen molar-refractivity contribution in [1.29, 1.82) is 0 Å². The third-order valence-electron chi connectivity index (χ3n) is 5.86. The molecule has 2 aromatic carbocycles. The van der Waals surface area contributed by atoms with Crippen LogP contribution in [0.5, 0.6) is 5.75 Å². The molecule has 154 valence electrons. The highest BCUT2D eigenvalue weighted by Crippen LogP contribution is 2.40. The number of benzene rings is 2. The van der Waals surface area contributed by atoms with E-state index in [4.69, 9.17) is 4.74 Å². The Morgan fingerprint density at radius 3 is 2.31 bits per heavy atom. The number of carbonyl (C=O) groups excluding carboxylic acids is 1. The molecular weight excluding hydrogens is 388 g/mol. The second-order valence-electron chi connectivity index (χ2n) is 7.60. The molecule has 2 atom stereocenters. The maximum Gasteiger partial charge on any atom is 0.322 e. The first kappa shape index (κ1) is 19.8. The van der Waals surface area contributed by atoms with Crippen LogP contribution in [0, 0.1) is 0 Å². The van der Waals surface area contributed by atoms with E-state index in [1.165, 1.54) is 0 Å². The molecule has 6 nitrogen and oxygen atoms in total. The molecule has 2 aliphatic heterocycles. The summed E-state index contributed by atoms with van der Waals surface area (Å²) in [4.78, 5) is 15.2. The zero-order valence-corrected chi connectivity index (χ0v) is 17.3. The third kappa shape index (κ3) is 3.83. The number of anilines is 1. The van der Waals surface area contributed by atoms with E-state index in [2.05, 4.69) is 5.32 Å². The molecule has 1 N–H and O–H groups in total. The predicted octanol–water partition coefficient (Wildman–Crippen LogP) is 4.09. The molecule has 2 fully saturated rings. The normalized spacial score (nSPS) is 23.6. The Morgan fingerprint density at radius 1 is 1.03 bits per heavy atom. The number of urea groups is 1. The third-order valence-corrected chi connectivity index (χ3v) is 8.06. The standard InChI is InChI=1S/C22H26N2O4S/c1-2-28-21-11-7-6-10-20(21)23-22(25)24-16-12-13-17(24)15-19(14-16)29(26,27)18-8-4-3-5-9-18/h3-11,16-17,19H,2,12-15H2,1H3,(H,23,25). The number of ether oxygens (including phenoxy) is 1. The Labute approximate surface area is 171 Å². The predicted molar refractivity (Wildman–Crippen MR) is 112 cm³/mol. The minimum atomic E-state index is -3.39. The second-order valence-corrected chi connectivity index (χ2v) is 9.83. The molecule has 29 heavy (non-hydrogen) atoms. The van der Waals surface area contributed by atoms with Gasteiger partial charge in [-0.25, -0.2) is 13.2 Å². The quantitative estimate of drug-likeness (QED) is 0.800. The van der Waals surface area contributed by atoms with Crippen molar-refractivity contribution >= 4 is 21.6 Å². The lowest BCUT2D eigenvalue weighted by Crippen LogP contribution is -2.51. The van der Waals surface area contributed by atoms with Crippen LogP contribution < -0.4 is 10.1 Å².